The monoisotopic (exact) mass is 534 g/mol. The molecule has 2 aromatic heterocycles. The summed E-state index contributed by atoms with van der Waals surface area (Å²) in [5.74, 6) is -0.732. The lowest BCUT2D eigenvalue weighted by Gasteiger charge is -2.36. The van der Waals surface area contributed by atoms with Crippen LogP contribution in [0.1, 0.15) is 20.3 Å². The van der Waals surface area contributed by atoms with Gasteiger partial charge in [-0.05, 0) is 55.8 Å². The van der Waals surface area contributed by atoms with E-state index in [0.29, 0.717) is 23.7 Å². The minimum atomic E-state index is -3.65. The first-order valence-electron chi connectivity index (χ1n) is 12.7. The summed E-state index contributed by atoms with van der Waals surface area (Å²) in [6.07, 6.45) is 5.53. The maximum Gasteiger partial charge on any atom is 0.232 e. The number of hydrogen-bond donors (Lipinski definition) is 2. The van der Waals surface area contributed by atoms with Gasteiger partial charge >= 0.3 is 0 Å². The van der Waals surface area contributed by atoms with E-state index in [-0.39, 0.29) is 17.0 Å². The quantitative estimate of drug-likeness (QED) is 0.341. The first kappa shape index (κ1) is 25.9. The number of nitrogens with zero attached hydrogens (tertiary/aromatic N) is 4. The highest BCUT2D eigenvalue weighted by Crippen LogP contribution is 2.36. The SMILES string of the molecule is CCCS(=O)(=O)Nc1cccc(-c2cn(-c3ccc(N4CCNC[C@@H]4C)cc3)nc2-c2ccncc2)c1F. The Kier molecular flexibility index (Phi) is 7.44. The second kappa shape index (κ2) is 10.9. The molecule has 5 rings (SSSR count). The smallest absolute Gasteiger partial charge is 0.232 e. The maximum atomic E-state index is 15.7. The summed E-state index contributed by atoms with van der Waals surface area (Å²) in [4.78, 5) is 6.47. The Hall–Kier alpha value is -3.76. The number of benzene rings is 2. The fourth-order valence-corrected chi connectivity index (χ4v) is 5.89. The second-order valence-corrected chi connectivity index (χ2v) is 11.3. The minimum absolute atomic E-state index is 0.0838. The fourth-order valence-electron chi connectivity index (χ4n) is 4.75. The molecule has 3 heterocycles. The van der Waals surface area contributed by atoms with Gasteiger partial charge in [0.05, 0.1) is 17.1 Å². The molecule has 4 aromatic rings. The first-order valence-corrected chi connectivity index (χ1v) is 14.4. The highest BCUT2D eigenvalue weighted by Gasteiger charge is 2.22. The van der Waals surface area contributed by atoms with E-state index in [4.69, 9.17) is 5.10 Å². The van der Waals surface area contributed by atoms with Crippen LogP contribution in [0.2, 0.25) is 0 Å². The zero-order valence-electron chi connectivity index (χ0n) is 21.4. The van der Waals surface area contributed by atoms with Crippen LogP contribution in [0.25, 0.3) is 28.1 Å². The number of aromatic nitrogens is 3. The lowest BCUT2D eigenvalue weighted by Crippen LogP contribution is -2.49. The number of rotatable bonds is 8. The molecule has 1 atom stereocenters. The van der Waals surface area contributed by atoms with Gasteiger partial charge < -0.3 is 10.2 Å². The average Bonchev–Trinajstić information content (AvgIpc) is 3.36. The van der Waals surface area contributed by atoms with Crippen LogP contribution in [-0.4, -0.2) is 54.6 Å². The Morgan fingerprint density at radius 1 is 1.05 bits per heavy atom. The third-order valence-corrected chi connectivity index (χ3v) is 8.12. The lowest BCUT2D eigenvalue weighted by atomic mass is 10.0. The van der Waals surface area contributed by atoms with Crippen molar-refractivity contribution in [1.29, 1.82) is 0 Å². The van der Waals surface area contributed by atoms with Crippen LogP contribution in [0.5, 0.6) is 0 Å². The molecule has 38 heavy (non-hydrogen) atoms. The van der Waals surface area contributed by atoms with E-state index in [1.54, 1.807) is 42.3 Å². The van der Waals surface area contributed by atoms with Crippen LogP contribution in [0.4, 0.5) is 15.8 Å². The minimum Gasteiger partial charge on any atom is -0.366 e. The van der Waals surface area contributed by atoms with Crippen molar-refractivity contribution >= 4 is 21.4 Å². The number of anilines is 2. The molecule has 2 aromatic carbocycles. The van der Waals surface area contributed by atoms with Crippen molar-refractivity contribution < 1.29 is 12.8 Å². The number of nitrogens with one attached hydrogen (secondary N) is 2. The van der Waals surface area contributed by atoms with E-state index in [2.05, 4.69) is 39.0 Å². The van der Waals surface area contributed by atoms with E-state index in [0.717, 1.165) is 36.6 Å². The van der Waals surface area contributed by atoms with Gasteiger partial charge in [0, 0.05) is 66.6 Å². The predicted octanol–water partition coefficient (Wildman–Crippen LogP) is 4.69. The number of piperazine rings is 1. The Morgan fingerprint density at radius 3 is 2.50 bits per heavy atom. The van der Waals surface area contributed by atoms with E-state index in [9.17, 15) is 8.42 Å². The molecular weight excluding hydrogens is 503 g/mol. The maximum absolute atomic E-state index is 15.7. The Morgan fingerprint density at radius 2 is 1.79 bits per heavy atom. The predicted molar refractivity (Wildman–Crippen MR) is 150 cm³/mol. The van der Waals surface area contributed by atoms with Gasteiger partial charge in [-0.3, -0.25) is 9.71 Å². The molecule has 2 N–H and O–H groups in total. The van der Waals surface area contributed by atoms with Gasteiger partial charge in [0.25, 0.3) is 0 Å². The summed E-state index contributed by atoms with van der Waals surface area (Å²) in [6.45, 7) is 6.79. The Bertz CT molecular complexity index is 1510. The molecule has 0 amide bonds. The summed E-state index contributed by atoms with van der Waals surface area (Å²) in [7, 11) is -3.65. The summed E-state index contributed by atoms with van der Waals surface area (Å²) in [5, 5.41) is 8.23. The van der Waals surface area contributed by atoms with Gasteiger partial charge in [0.2, 0.25) is 10.0 Å². The van der Waals surface area contributed by atoms with Crippen molar-refractivity contribution in [2.45, 2.75) is 26.3 Å². The topological polar surface area (TPSA) is 92.2 Å². The van der Waals surface area contributed by atoms with Crippen LogP contribution in [0, 0.1) is 5.82 Å². The molecule has 0 spiro atoms. The standard InChI is InChI=1S/C28H31FN6O2S/c1-3-17-38(36,37)33-26-6-4-5-24(27(26)29)25-19-35(32-28(25)21-11-13-30-14-12-21)23-9-7-22(8-10-23)34-16-15-31-18-20(34)2/h4-14,19-20,31,33H,3,15-18H2,1-2H3/t20-/m0/s1. The third-order valence-electron chi connectivity index (χ3n) is 6.64. The lowest BCUT2D eigenvalue weighted by molar-refractivity contribution is 0.501. The molecule has 10 heteroatoms. The summed E-state index contributed by atoms with van der Waals surface area (Å²) >= 11 is 0. The van der Waals surface area contributed by atoms with Crippen molar-refractivity contribution in [2.75, 3.05) is 35.0 Å². The molecule has 1 saturated heterocycles. The molecule has 0 radical (unpaired) electrons. The van der Waals surface area contributed by atoms with Crippen LogP contribution < -0.4 is 14.9 Å². The van der Waals surface area contributed by atoms with Crippen molar-refractivity contribution in [2.24, 2.45) is 0 Å². The number of sulfonamides is 1. The van der Waals surface area contributed by atoms with Crippen molar-refractivity contribution in [3.8, 4) is 28.1 Å². The van der Waals surface area contributed by atoms with Gasteiger partial charge in [0.1, 0.15) is 5.69 Å². The molecule has 8 nitrogen and oxygen atoms in total. The highest BCUT2D eigenvalue weighted by molar-refractivity contribution is 7.92. The van der Waals surface area contributed by atoms with Gasteiger partial charge in [-0.25, -0.2) is 17.5 Å². The van der Waals surface area contributed by atoms with Crippen LogP contribution in [0.15, 0.2) is 73.2 Å². The zero-order chi connectivity index (χ0) is 26.7. The molecule has 0 bridgehead atoms. The molecule has 1 aliphatic rings. The normalized spacial score (nSPS) is 16.0. The summed E-state index contributed by atoms with van der Waals surface area (Å²) in [6, 6.07) is 16.9. The average molecular weight is 535 g/mol. The van der Waals surface area contributed by atoms with Gasteiger partial charge in [-0.1, -0.05) is 19.1 Å². The van der Waals surface area contributed by atoms with Crippen molar-refractivity contribution in [3.05, 3.63) is 79.0 Å². The first-order chi connectivity index (χ1) is 18.4. The van der Waals surface area contributed by atoms with E-state index < -0.39 is 15.8 Å². The fraction of sp³-hybridized carbons (Fsp3) is 0.286. The van der Waals surface area contributed by atoms with Crippen molar-refractivity contribution in [1.82, 2.24) is 20.1 Å². The number of hydrogen-bond acceptors (Lipinski definition) is 6. The van der Waals surface area contributed by atoms with Gasteiger partial charge in [-0.15, -0.1) is 0 Å². The highest BCUT2D eigenvalue weighted by atomic mass is 32.2. The van der Waals surface area contributed by atoms with Gasteiger partial charge in [-0.2, -0.15) is 5.10 Å². The Labute approximate surface area is 222 Å². The molecular formula is C28H31FN6O2S. The van der Waals surface area contributed by atoms with Crippen LogP contribution >= 0.6 is 0 Å². The number of halogens is 1. The third kappa shape index (κ3) is 5.41. The molecule has 0 saturated carbocycles. The van der Waals surface area contributed by atoms with Crippen molar-refractivity contribution in [3.63, 3.8) is 0 Å². The molecule has 0 unspecified atom stereocenters. The molecule has 0 aliphatic carbocycles. The summed E-state index contributed by atoms with van der Waals surface area (Å²) < 4.78 is 44.5. The van der Waals surface area contributed by atoms with Crippen LogP contribution in [-0.2, 0) is 10.0 Å². The number of pyridine rings is 1. The second-order valence-electron chi connectivity index (χ2n) is 9.42. The molecule has 1 fully saturated rings. The summed E-state index contributed by atoms with van der Waals surface area (Å²) in [5.41, 5.74) is 4.03. The van der Waals surface area contributed by atoms with E-state index >= 15 is 4.39 Å². The van der Waals surface area contributed by atoms with E-state index in [1.165, 1.54) is 6.07 Å². The molecule has 1 aliphatic heterocycles. The molecule has 198 valence electrons. The van der Waals surface area contributed by atoms with Crippen LogP contribution in [0.3, 0.4) is 0 Å². The van der Waals surface area contributed by atoms with E-state index in [1.807, 2.05) is 24.3 Å². The Balaban J connectivity index is 1.55. The van der Waals surface area contributed by atoms with Gasteiger partial charge in [0.15, 0.2) is 5.82 Å². The zero-order valence-corrected chi connectivity index (χ0v) is 22.2. The largest absolute Gasteiger partial charge is 0.366 e.